The summed E-state index contributed by atoms with van der Waals surface area (Å²) in [5.41, 5.74) is 6.00. The number of amides is 2. The summed E-state index contributed by atoms with van der Waals surface area (Å²) in [6.45, 7) is 8.42. The van der Waals surface area contributed by atoms with Crippen LogP contribution in [0.1, 0.15) is 72.9 Å². The Bertz CT molecular complexity index is 1300. The highest BCUT2D eigenvalue weighted by Crippen LogP contribution is 2.31. The Morgan fingerprint density at radius 3 is 2.40 bits per heavy atom. The molecule has 7 heteroatoms. The van der Waals surface area contributed by atoms with Crippen molar-refractivity contribution in [2.75, 3.05) is 38.0 Å². The van der Waals surface area contributed by atoms with Crippen LogP contribution >= 0.6 is 0 Å². The van der Waals surface area contributed by atoms with E-state index in [4.69, 9.17) is 0 Å². The minimum absolute atomic E-state index is 0.0300. The second-order valence-corrected chi connectivity index (χ2v) is 11.6. The summed E-state index contributed by atoms with van der Waals surface area (Å²) in [6.07, 6.45) is 10.8. The molecule has 5 rings (SSSR count). The fourth-order valence-corrected chi connectivity index (χ4v) is 5.92. The van der Waals surface area contributed by atoms with Gasteiger partial charge in [0.15, 0.2) is 0 Å². The lowest BCUT2D eigenvalue weighted by Crippen LogP contribution is -2.52. The molecule has 0 aliphatic carbocycles. The lowest BCUT2D eigenvalue weighted by Gasteiger charge is -2.38. The van der Waals surface area contributed by atoms with Crippen molar-refractivity contribution >= 4 is 17.5 Å². The Hall–Kier alpha value is -3.45. The quantitative estimate of drug-likeness (QED) is 0.326. The standard InChI is InChI=1S/C33H43N5O2/c1-4-5-6-7-16-37-22-30(23-37)32(39)35-31-19-28(9-8-24(31)2)33(40)38-17-14-27(15-18-38)25-10-12-26(13-11-25)29-20-34-36(3)21-29/h8-13,19-21,27,30H,4-7,14-18,22-23H2,1-3H3,(H,35,39). The fourth-order valence-electron chi connectivity index (χ4n) is 5.92. The third-order valence-corrected chi connectivity index (χ3v) is 8.60. The molecule has 2 aliphatic rings. The summed E-state index contributed by atoms with van der Waals surface area (Å²) in [4.78, 5) is 30.6. The van der Waals surface area contributed by atoms with Gasteiger partial charge in [-0.1, -0.05) is 56.5 Å². The van der Waals surface area contributed by atoms with Crippen molar-refractivity contribution in [1.29, 1.82) is 0 Å². The van der Waals surface area contributed by atoms with Gasteiger partial charge in [0.2, 0.25) is 5.91 Å². The van der Waals surface area contributed by atoms with Crippen molar-refractivity contribution in [3.8, 4) is 11.1 Å². The van der Waals surface area contributed by atoms with Crippen molar-refractivity contribution in [2.24, 2.45) is 13.0 Å². The van der Waals surface area contributed by atoms with Gasteiger partial charge in [0.1, 0.15) is 0 Å². The molecule has 3 aromatic rings. The van der Waals surface area contributed by atoms with Crippen LogP contribution in [-0.4, -0.2) is 64.1 Å². The molecule has 7 nitrogen and oxygen atoms in total. The van der Waals surface area contributed by atoms with Gasteiger partial charge < -0.3 is 15.1 Å². The average Bonchev–Trinajstić information content (AvgIpc) is 3.39. The van der Waals surface area contributed by atoms with Crippen molar-refractivity contribution in [3.63, 3.8) is 0 Å². The van der Waals surface area contributed by atoms with E-state index < -0.39 is 0 Å². The minimum Gasteiger partial charge on any atom is -0.339 e. The normalized spacial score (nSPS) is 16.6. The molecule has 0 saturated carbocycles. The predicted molar refractivity (Wildman–Crippen MR) is 160 cm³/mol. The number of aryl methyl sites for hydroxylation is 2. The lowest BCUT2D eigenvalue weighted by atomic mass is 9.88. The van der Waals surface area contributed by atoms with Crippen LogP contribution in [0.25, 0.3) is 11.1 Å². The summed E-state index contributed by atoms with van der Waals surface area (Å²) >= 11 is 0. The number of piperidine rings is 1. The average molecular weight is 542 g/mol. The third kappa shape index (κ3) is 6.64. The first-order valence-corrected chi connectivity index (χ1v) is 14.9. The highest BCUT2D eigenvalue weighted by molar-refractivity contribution is 5.98. The highest BCUT2D eigenvalue weighted by atomic mass is 16.2. The zero-order chi connectivity index (χ0) is 28.1. The molecule has 40 heavy (non-hydrogen) atoms. The van der Waals surface area contributed by atoms with Crippen LogP contribution in [0.2, 0.25) is 0 Å². The number of aromatic nitrogens is 2. The van der Waals surface area contributed by atoms with Crippen molar-refractivity contribution in [2.45, 2.75) is 58.3 Å². The molecule has 2 aromatic carbocycles. The SMILES string of the molecule is CCCCCCN1CC(C(=O)Nc2cc(C(=O)N3CCC(c4ccc(-c5cnn(C)c5)cc4)CC3)ccc2C)C1. The minimum atomic E-state index is 0.0300. The van der Waals surface area contributed by atoms with Gasteiger partial charge >= 0.3 is 0 Å². The first kappa shape index (κ1) is 28.1. The van der Waals surface area contributed by atoms with E-state index in [1.807, 2.05) is 54.1 Å². The number of rotatable bonds is 10. The van der Waals surface area contributed by atoms with Gasteiger partial charge in [0.25, 0.3) is 5.91 Å². The molecule has 2 amide bonds. The van der Waals surface area contributed by atoms with Gasteiger partial charge in [0.05, 0.1) is 12.1 Å². The largest absolute Gasteiger partial charge is 0.339 e. The van der Waals surface area contributed by atoms with Crippen LogP contribution in [0, 0.1) is 12.8 Å². The lowest BCUT2D eigenvalue weighted by molar-refractivity contribution is -0.124. The summed E-state index contributed by atoms with van der Waals surface area (Å²) in [7, 11) is 1.93. The molecule has 0 bridgehead atoms. The number of hydrogen-bond acceptors (Lipinski definition) is 4. The molecule has 1 aromatic heterocycles. The molecule has 2 fully saturated rings. The molecule has 1 N–H and O–H groups in total. The van der Waals surface area contributed by atoms with E-state index in [1.165, 1.54) is 36.8 Å². The number of unbranched alkanes of at least 4 members (excludes halogenated alkanes) is 3. The number of nitrogens with zero attached hydrogens (tertiary/aromatic N) is 4. The van der Waals surface area contributed by atoms with Crippen LogP contribution in [0.15, 0.2) is 54.9 Å². The maximum atomic E-state index is 13.4. The Labute approximate surface area is 238 Å². The Morgan fingerprint density at radius 1 is 0.975 bits per heavy atom. The number of carbonyl (C=O) groups excluding carboxylic acids is 2. The van der Waals surface area contributed by atoms with E-state index in [0.717, 1.165) is 62.4 Å². The monoisotopic (exact) mass is 541 g/mol. The fraction of sp³-hybridized carbons (Fsp3) is 0.485. The molecule has 0 atom stereocenters. The smallest absolute Gasteiger partial charge is 0.253 e. The highest BCUT2D eigenvalue weighted by Gasteiger charge is 2.32. The van der Waals surface area contributed by atoms with Crippen LogP contribution in [-0.2, 0) is 11.8 Å². The van der Waals surface area contributed by atoms with E-state index in [1.54, 1.807) is 0 Å². The summed E-state index contributed by atoms with van der Waals surface area (Å²) in [5, 5.41) is 7.38. The second-order valence-electron chi connectivity index (χ2n) is 11.6. The van der Waals surface area contributed by atoms with Gasteiger partial charge in [0, 0.05) is 56.2 Å². The van der Waals surface area contributed by atoms with E-state index in [0.29, 0.717) is 11.5 Å². The second kappa shape index (κ2) is 12.8. The Morgan fingerprint density at radius 2 is 1.73 bits per heavy atom. The number of anilines is 1. The third-order valence-electron chi connectivity index (χ3n) is 8.60. The van der Waals surface area contributed by atoms with Crippen LogP contribution < -0.4 is 5.32 Å². The molecule has 2 saturated heterocycles. The molecule has 0 radical (unpaired) electrons. The maximum Gasteiger partial charge on any atom is 0.253 e. The number of likely N-dealkylation sites (tertiary alicyclic amines) is 2. The molecule has 2 aliphatic heterocycles. The predicted octanol–water partition coefficient (Wildman–Crippen LogP) is 5.87. The first-order chi connectivity index (χ1) is 19.4. The van der Waals surface area contributed by atoms with Gasteiger partial charge in [-0.25, -0.2) is 0 Å². The number of hydrogen-bond donors (Lipinski definition) is 1. The van der Waals surface area contributed by atoms with Crippen LogP contribution in [0.5, 0.6) is 0 Å². The topological polar surface area (TPSA) is 70.5 Å². The van der Waals surface area contributed by atoms with Gasteiger partial charge in [-0.15, -0.1) is 0 Å². The molecule has 3 heterocycles. The summed E-state index contributed by atoms with van der Waals surface area (Å²) in [5.74, 6) is 0.589. The molecule has 0 spiro atoms. The zero-order valence-corrected chi connectivity index (χ0v) is 24.2. The number of carbonyl (C=O) groups is 2. The van der Waals surface area contributed by atoms with Crippen molar-refractivity contribution in [3.05, 3.63) is 71.5 Å². The van der Waals surface area contributed by atoms with E-state index >= 15 is 0 Å². The van der Waals surface area contributed by atoms with Crippen molar-refractivity contribution in [1.82, 2.24) is 19.6 Å². The first-order valence-electron chi connectivity index (χ1n) is 14.9. The van der Waals surface area contributed by atoms with Crippen LogP contribution in [0.4, 0.5) is 5.69 Å². The van der Waals surface area contributed by atoms with Gasteiger partial charge in [-0.3, -0.25) is 14.3 Å². The van der Waals surface area contributed by atoms with Gasteiger partial charge in [-0.05, 0) is 67.5 Å². The maximum absolute atomic E-state index is 13.4. The van der Waals surface area contributed by atoms with Crippen molar-refractivity contribution < 1.29 is 9.59 Å². The Kier molecular flexibility index (Phi) is 9.00. The van der Waals surface area contributed by atoms with E-state index in [2.05, 4.69) is 46.5 Å². The van der Waals surface area contributed by atoms with Crippen LogP contribution in [0.3, 0.4) is 0 Å². The van der Waals surface area contributed by atoms with E-state index in [9.17, 15) is 9.59 Å². The number of benzene rings is 2. The Balaban J connectivity index is 1.12. The summed E-state index contributed by atoms with van der Waals surface area (Å²) < 4.78 is 1.82. The van der Waals surface area contributed by atoms with E-state index in [-0.39, 0.29) is 17.7 Å². The molecular weight excluding hydrogens is 498 g/mol. The zero-order valence-electron chi connectivity index (χ0n) is 24.2. The molecular formula is C33H43N5O2. The molecule has 212 valence electrons. The van der Waals surface area contributed by atoms with Gasteiger partial charge in [-0.2, -0.15) is 5.10 Å². The summed E-state index contributed by atoms with van der Waals surface area (Å²) in [6, 6.07) is 14.5. The number of nitrogens with one attached hydrogen (secondary N) is 1. The molecule has 0 unspecified atom stereocenters.